The molecule has 0 spiro atoms. The van der Waals surface area contributed by atoms with Gasteiger partial charge in [0.25, 0.3) is 5.91 Å². The Bertz CT molecular complexity index is 1020. The monoisotopic (exact) mass is 380 g/mol. The molecular formula is C20H22N5O3+. The number of aromatic nitrogens is 2. The van der Waals surface area contributed by atoms with Crippen molar-refractivity contribution in [3.05, 3.63) is 47.8 Å². The number of imide groups is 1. The van der Waals surface area contributed by atoms with Gasteiger partial charge in [0.15, 0.2) is 5.78 Å². The number of carbonyl (C=O) groups is 3. The first-order valence-electron chi connectivity index (χ1n) is 9.20. The number of hydrogen-bond acceptors (Lipinski definition) is 4. The zero-order chi connectivity index (χ0) is 20.2. The van der Waals surface area contributed by atoms with Gasteiger partial charge in [-0.05, 0) is 20.8 Å². The number of Topliss-reactive ketones (excluding diaryl/α,β-unsaturated/α-hetero) is 1. The van der Waals surface area contributed by atoms with Gasteiger partial charge < -0.3 is 0 Å². The third-order valence-electron chi connectivity index (χ3n) is 5.16. The van der Waals surface area contributed by atoms with Crippen molar-refractivity contribution >= 4 is 29.5 Å². The summed E-state index contributed by atoms with van der Waals surface area (Å²) < 4.78 is 3.81. The number of urea groups is 1. The Labute approximate surface area is 162 Å². The van der Waals surface area contributed by atoms with Gasteiger partial charge in [0.1, 0.15) is 11.9 Å². The topological polar surface area (TPSA) is 78.9 Å². The van der Waals surface area contributed by atoms with Crippen molar-refractivity contribution in [2.75, 3.05) is 13.6 Å². The van der Waals surface area contributed by atoms with Crippen molar-refractivity contribution in [2.45, 2.75) is 32.9 Å². The van der Waals surface area contributed by atoms with Crippen LogP contribution < -0.4 is 4.57 Å². The van der Waals surface area contributed by atoms with E-state index in [1.54, 1.807) is 35.9 Å². The number of imidazole rings is 1. The maximum absolute atomic E-state index is 13.2. The number of hydrogen-bond donors (Lipinski definition) is 0. The molecule has 1 aromatic heterocycles. The number of likely N-dealkylation sites (N-methyl/N-ethyl adjacent to an activating group) is 1. The van der Waals surface area contributed by atoms with Crippen LogP contribution in [0.3, 0.4) is 0 Å². The molecule has 28 heavy (non-hydrogen) atoms. The van der Waals surface area contributed by atoms with Crippen molar-refractivity contribution in [2.24, 2.45) is 4.99 Å². The zero-order valence-corrected chi connectivity index (χ0v) is 16.3. The average Bonchev–Trinajstić information content (AvgIpc) is 3.18. The molecule has 3 amide bonds. The first kappa shape index (κ1) is 18.1. The van der Waals surface area contributed by atoms with Crippen molar-refractivity contribution < 1.29 is 19.0 Å². The molecule has 1 aromatic carbocycles. The lowest BCUT2D eigenvalue weighted by Gasteiger charge is -2.32. The Kier molecular flexibility index (Phi) is 4.14. The Hall–Kier alpha value is -3.29. The zero-order valence-electron chi connectivity index (χ0n) is 16.3. The van der Waals surface area contributed by atoms with Crippen LogP contribution in [0.15, 0.2) is 41.5 Å². The second-order valence-electron chi connectivity index (χ2n) is 7.37. The van der Waals surface area contributed by atoms with Gasteiger partial charge in [0.05, 0.1) is 12.6 Å². The molecule has 0 bridgehead atoms. The number of nitrogens with zero attached hydrogens (tertiary/aromatic N) is 5. The molecule has 1 unspecified atom stereocenters. The lowest BCUT2D eigenvalue weighted by Crippen LogP contribution is -2.63. The molecule has 2 aliphatic rings. The molecule has 8 nitrogen and oxygen atoms in total. The average molecular weight is 380 g/mol. The fourth-order valence-corrected chi connectivity index (χ4v) is 3.84. The minimum Gasteiger partial charge on any atom is -0.292 e. The highest BCUT2D eigenvalue weighted by Gasteiger charge is 2.53. The summed E-state index contributed by atoms with van der Waals surface area (Å²) in [5, 5.41) is 0. The predicted molar refractivity (Wildman–Crippen MR) is 102 cm³/mol. The molecule has 8 heteroatoms. The minimum atomic E-state index is -0.736. The number of benzene rings is 1. The van der Waals surface area contributed by atoms with Crippen LogP contribution in [0, 0.1) is 6.92 Å². The van der Waals surface area contributed by atoms with Gasteiger partial charge in [-0.1, -0.05) is 35.3 Å². The summed E-state index contributed by atoms with van der Waals surface area (Å²) in [4.78, 5) is 45.5. The SMILES string of the molecule is Cc1c[n+]2c(n1C(C)C)N=C1C2C(=O)N(CC(=O)c2ccccc2)C(=O)N1C. The summed E-state index contributed by atoms with van der Waals surface area (Å²) >= 11 is 0. The Balaban J connectivity index is 1.70. The van der Waals surface area contributed by atoms with E-state index in [0.717, 1.165) is 10.6 Å². The summed E-state index contributed by atoms with van der Waals surface area (Å²) in [6.07, 6.45) is 1.87. The van der Waals surface area contributed by atoms with Gasteiger partial charge in [-0.25, -0.2) is 13.9 Å². The van der Waals surface area contributed by atoms with Crippen LogP contribution in [0.25, 0.3) is 0 Å². The van der Waals surface area contributed by atoms with Crippen LogP contribution in [0.1, 0.15) is 42.0 Å². The van der Waals surface area contributed by atoms with E-state index in [1.165, 1.54) is 4.90 Å². The molecule has 0 aliphatic carbocycles. The van der Waals surface area contributed by atoms with Gasteiger partial charge in [0.2, 0.25) is 11.9 Å². The standard InChI is InChI=1S/C20H22N5O3/c1-12(2)25-13(3)10-23-16-17(21-19(23)25)22(4)20(28)24(18(16)27)11-15(26)14-8-6-5-7-9-14/h5-10,12,16H,11H2,1-4H3/q+1. The second kappa shape index (κ2) is 6.40. The summed E-state index contributed by atoms with van der Waals surface area (Å²) in [5.74, 6) is 0.311. The van der Waals surface area contributed by atoms with Crippen molar-refractivity contribution in [1.82, 2.24) is 14.4 Å². The molecule has 1 atom stereocenters. The van der Waals surface area contributed by atoms with Gasteiger partial charge >= 0.3 is 12.0 Å². The lowest BCUT2D eigenvalue weighted by molar-refractivity contribution is -0.677. The molecule has 0 N–H and O–H groups in total. The number of ketones is 1. The third kappa shape index (κ3) is 2.56. The number of aliphatic imine (C=N–C) groups is 1. The first-order valence-corrected chi connectivity index (χ1v) is 9.20. The van der Waals surface area contributed by atoms with E-state index in [0.29, 0.717) is 17.3 Å². The number of aryl methyl sites for hydroxylation is 1. The van der Waals surface area contributed by atoms with E-state index in [9.17, 15) is 14.4 Å². The summed E-state index contributed by atoms with van der Waals surface area (Å²) in [7, 11) is 1.58. The number of amidine groups is 1. The molecular weight excluding hydrogens is 358 g/mol. The van der Waals surface area contributed by atoms with Crippen molar-refractivity contribution in [3.8, 4) is 0 Å². The van der Waals surface area contributed by atoms with Crippen LogP contribution in [0.2, 0.25) is 0 Å². The highest BCUT2D eigenvalue weighted by molar-refractivity contribution is 6.20. The fraction of sp³-hybridized carbons (Fsp3) is 0.350. The number of carbonyl (C=O) groups excluding carboxylic acids is 3. The van der Waals surface area contributed by atoms with E-state index >= 15 is 0 Å². The number of amides is 3. The van der Waals surface area contributed by atoms with Crippen LogP contribution in [-0.2, 0) is 4.79 Å². The molecule has 4 rings (SSSR count). The minimum absolute atomic E-state index is 0.160. The van der Waals surface area contributed by atoms with Crippen LogP contribution in [0.4, 0.5) is 10.7 Å². The maximum Gasteiger partial charge on any atom is 0.402 e. The summed E-state index contributed by atoms with van der Waals surface area (Å²) in [5.41, 5.74) is 1.44. The molecule has 0 saturated carbocycles. The van der Waals surface area contributed by atoms with Gasteiger partial charge in [-0.3, -0.25) is 19.4 Å². The van der Waals surface area contributed by atoms with Crippen LogP contribution in [-0.4, -0.2) is 51.5 Å². The van der Waals surface area contributed by atoms with E-state index in [-0.39, 0.29) is 18.4 Å². The number of fused-ring (bicyclic) bond motifs is 3. The van der Waals surface area contributed by atoms with Crippen molar-refractivity contribution in [3.63, 3.8) is 0 Å². The van der Waals surface area contributed by atoms with E-state index in [4.69, 9.17) is 0 Å². The number of rotatable bonds is 4. The molecule has 2 aliphatic heterocycles. The van der Waals surface area contributed by atoms with Crippen LogP contribution in [0.5, 0.6) is 0 Å². The molecule has 1 saturated heterocycles. The third-order valence-corrected chi connectivity index (χ3v) is 5.16. The lowest BCUT2D eigenvalue weighted by atomic mass is 10.1. The van der Waals surface area contributed by atoms with Gasteiger partial charge in [-0.15, -0.1) is 0 Å². The van der Waals surface area contributed by atoms with Gasteiger partial charge in [-0.2, -0.15) is 0 Å². The van der Waals surface area contributed by atoms with Crippen LogP contribution >= 0.6 is 0 Å². The molecule has 1 fully saturated rings. The smallest absolute Gasteiger partial charge is 0.292 e. The van der Waals surface area contributed by atoms with E-state index in [2.05, 4.69) is 4.99 Å². The molecule has 2 aromatic rings. The normalized spacial score (nSPS) is 18.5. The largest absolute Gasteiger partial charge is 0.402 e. The van der Waals surface area contributed by atoms with Crippen molar-refractivity contribution in [1.29, 1.82) is 0 Å². The van der Waals surface area contributed by atoms with E-state index < -0.39 is 18.0 Å². The summed E-state index contributed by atoms with van der Waals surface area (Å²) in [6.45, 7) is 5.74. The highest BCUT2D eigenvalue weighted by atomic mass is 16.2. The predicted octanol–water partition coefficient (Wildman–Crippen LogP) is 2.03. The Morgan fingerprint density at radius 2 is 1.89 bits per heavy atom. The Morgan fingerprint density at radius 1 is 1.21 bits per heavy atom. The quantitative estimate of drug-likeness (QED) is 0.601. The molecule has 144 valence electrons. The molecule has 3 heterocycles. The fourth-order valence-electron chi connectivity index (χ4n) is 3.84. The van der Waals surface area contributed by atoms with E-state index in [1.807, 2.05) is 37.6 Å². The molecule has 0 radical (unpaired) electrons. The maximum atomic E-state index is 13.2. The highest BCUT2D eigenvalue weighted by Crippen LogP contribution is 2.31. The summed E-state index contributed by atoms with van der Waals surface area (Å²) in [6, 6.07) is 7.54. The first-order chi connectivity index (χ1) is 13.3. The Morgan fingerprint density at radius 3 is 2.54 bits per heavy atom. The van der Waals surface area contributed by atoms with Gasteiger partial charge in [0, 0.05) is 12.6 Å². The second-order valence-corrected chi connectivity index (χ2v) is 7.37.